The summed E-state index contributed by atoms with van der Waals surface area (Å²) in [6.07, 6.45) is 0.151. The van der Waals surface area contributed by atoms with Crippen LogP contribution in [0, 0.1) is 0 Å². The van der Waals surface area contributed by atoms with Crippen LogP contribution in [0.15, 0.2) is 40.8 Å². The van der Waals surface area contributed by atoms with Gasteiger partial charge in [0.1, 0.15) is 16.9 Å². The van der Waals surface area contributed by atoms with Gasteiger partial charge in [0.05, 0.1) is 32.1 Å². The van der Waals surface area contributed by atoms with Gasteiger partial charge in [-0.2, -0.15) is 0 Å². The number of carbonyl (C=O) groups is 1. The highest BCUT2D eigenvalue weighted by molar-refractivity contribution is 6.07. The lowest BCUT2D eigenvalue weighted by Crippen LogP contribution is -2.44. The van der Waals surface area contributed by atoms with Crippen molar-refractivity contribution < 1.29 is 18.7 Å². The van der Waals surface area contributed by atoms with Crippen molar-refractivity contribution in [2.24, 2.45) is 0 Å². The highest BCUT2D eigenvalue weighted by atomic mass is 16.5. The number of carbonyl (C=O) groups excluding carboxylic acids is 1. The summed E-state index contributed by atoms with van der Waals surface area (Å²) in [5.74, 6) is 0.542. The van der Waals surface area contributed by atoms with Gasteiger partial charge in [-0.3, -0.25) is 9.69 Å². The zero-order valence-corrected chi connectivity index (χ0v) is 15.0. The maximum atomic E-state index is 12.5. The van der Waals surface area contributed by atoms with Crippen molar-refractivity contribution in [3.05, 3.63) is 36.4 Å². The zero-order valence-electron chi connectivity index (χ0n) is 15.0. The van der Waals surface area contributed by atoms with Gasteiger partial charge in [0.25, 0.3) is 0 Å². The Labute approximate surface area is 151 Å². The molecule has 1 fully saturated rings. The van der Waals surface area contributed by atoms with E-state index < -0.39 is 0 Å². The molecule has 3 aromatic rings. The molecule has 1 saturated heterocycles. The number of anilines is 1. The van der Waals surface area contributed by atoms with Crippen LogP contribution in [-0.4, -0.2) is 50.3 Å². The third-order valence-corrected chi connectivity index (χ3v) is 4.67. The first-order valence-electron chi connectivity index (χ1n) is 8.77. The van der Waals surface area contributed by atoms with E-state index in [4.69, 9.17) is 13.9 Å². The van der Waals surface area contributed by atoms with Crippen molar-refractivity contribution in [2.45, 2.75) is 13.0 Å². The van der Waals surface area contributed by atoms with Crippen LogP contribution in [0.4, 0.5) is 5.69 Å². The number of furan rings is 1. The Balaban J connectivity index is 1.59. The van der Waals surface area contributed by atoms with E-state index >= 15 is 0 Å². The normalized spacial score (nSPS) is 18.3. The Hall–Kier alpha value is -2.57. The maximum Gasteiger partial charge on any atom is 0.238 e. The van der Waals surface area contributed by atoms with Crippen LogP contribution in [0.5, 0.6) is 5.75 Å². The molecule has 1 aromatic heterocycles. The van der Waals surface area contributed by atoms with Gasteiger partial charge in [0.2, 0.25) is 5.91 Å². The molecule has 1 N–H and O–H groups in total. The number of hydrogen-bond donors (Lipinski definition) is 1. The number of nitrogens with one attached hydrogen (secondary N) is 1. The highest BCUT2D eigenvalue weighted by Crippen LogP contribution is 2.36. The van der Waals surface area contributed by atoms with E-state index in [1.54, 1.807) is 7.11 Å². The van der Waals surface area contributed by atoms with Crippen molar-refractivity contribution in [1.82, 2.24) is 4.90 Å². The van der Waals surface area contributed by atoms with E-state index in [0.29, 0.717) is 24.6 Å². The molecule has 6 nitrogen and oxygen atoms in total. The topological polar surface area (TPSA) is 63.9 Å². The first kappa shape index (κ1) is 16.9. The molecule has 1 aliphatic heterocycles. The van der Waals surface area contributed by atoms with E-state index in [1.165, 1.54) is 0 Å². The van der Waals surface area contributed by atoms with E-state index in [0.717, 1.165) is 35.0 Å². The molecule has 0 spiro atoms. The third-order valence-electron chi connectivity index (χ3n) is 4.67. The number of benzene rings is 2. The van der Waals surface area contributed by atoms with Crippen molar-refractivity contribution in [3.8, 4) is 5.75 Å². The second kappa shape index (κ2) is 6.97. The van der Waals surface area contributed by atoms with Gasteiger partial charge < -0.3 is 19.2 Å². The monoisotopic (exact) mass is 354 g/mol. The van der Waals surface area contributed by atoms with E-state index in [-0.39, 0.29) is 12.0 Å². The fourth-order valence-electron chi connectivity index (χ4n) is 3.45. The van der Waals surface area contributed by atoms with Gasteiger partial charge in [-0.1, -0.05) is 18.2 Å². The van der Waals surface area contributed by atoms with Gasteiger partial charge in [-0.15, -0.1) is 0 Å². The van der Waals surface area contributed by atoms with Crippen LogP contribution >= 0.6 is 0 Å². The molecule has 2 heterocycles. The molecule has 136 valence electrons. The highest BCUT2D eigenvalue weighted by Gasteiger charge is 2.20. The maximum absolute atomic E-state index is 12.5. The fourth-order valence-corrected chi connectivity index (χ4v) is 3.45. The summed E-state index contributed by atoms with van der Waals surface area (Å²) in [6, 6.07) is 11.6. The zero-order chi connectivity index (χ0) is 18.1. The van der Waals surface area contributed by atoms with Crippen LogP contribution in [-0.2, 0) is 9.53 Å². The second-order valence-electron chi connectivity index (χ2n) is 6.61. The molecule has 1 unspecified atom stereocenters. The predicted octanol–water partition coefficient (Wildman–Crippen LogP) is 3.25. The third kappa shape index (κ3) is 3.25. The minimum absolute atomic E-state index is 0.0761. The van der Waals surface area contributed by atoms with Crippen LogP contribution < -0.4 is 10.1 Å². The van der Waals surface area contributed by atoms with Crippen molar-refractivity contribution >= 4 is 33.5 Å². The smallest absolute Gasteiger partial charge is 0.238 e. The number of methoxy groups -OCH3 is 1. The molecule has 2 aromatic carbocycles. The van der Waals surface area contributed by atoms with Crippen LogP contribution in [0.3, 0.4) is 0 Å². The lowest BCUT2D eigenvalue weighted by atomic mass is 10.1. The Bertz CT molecular complexity index is 950. The summed E-state index contributed by atoms with van der Waals surface area (Å²) in [4.78, 5) is 14.6. The van der Waals surface area contributed by atoms with E-state index in [9.17, 15) is 4.79 Å². The Morgan fingerprint density at radius 3 is 2.92 bits per heavy atom. The van der Waals surface area contributed by atoms with Crippen molar-refractivity contribution in [2.75, 3.05) is 38.7 Å². The van der Waals surface area contributed by atoms with Gasteiger partial charge in [0, 0.05) is 29.9 Å². The summed E-state index contributed by atoms with van der Waals surface area (Å²) in [5.41, 5.74) is 2.16. The Morgan fingerprint density at radius 2 is 2.12 bits per heavy atom. The molecule has 1 atom stereocenters. The van der Waals surface area contributed by atoms with Gasteiger partial charge in [0.15, 0.2) is 0 Å². The number of fused-ring (bicyclic) bond motifs is 3. The molecule has 0 aliphatic carbocycles. The lowest BCUT2D eigenvalue weighted by Gasteiger charge is -2.30. The summed E-state index contributed by atoms with van der Waals surface area (Å²) < 4.78 is 16.9. The first-order chi connectivity index (χ1) is 12.6. The molecular formula is C20H22N2O4. The van der Waals surface area contributed by atoms with Crippen LogP contribution in [0.2, 0.25) is 0 Å². The number of hydrogen-bond acceptors (Lipinski definition) is 5. The van der Waals surface area contributed by atoms with Crippen molar-refractivity contribution in [3.63, 3.8) is 0 Å². The van der Waals surface area contributed by atoms with E-state index in [1.807, 2.05) is 43.3 Å². The molecule has 0 radical (unpaired) electrons. The van der Waals surface area contributed by atoms with E-state index in [2.05, 4.69) is 10.2 Å². The molecule has 4 rings (SSSR count). The lowest BCUT2D eigenvalue weighted by molar-refractivity contribution is -0.119. The Morgan fingerprint density at radius 1 is 1.27 bits per heavy atom. The standard InChI is InChI=1S/C20H22N2O4/c1-13-11-22(7-8-25-13)12-20(23)21-16-10-18-15(9-19(16)24-2)14-5-3-4-6-17(14)26-18/h3-6,9-10,13H,7-8,11-12H2,1-2H3,(H,21,23). The molecule has 1 amide bonds. The molecular weight excluding hydrogens is 332 g/mol. The number of nitrogens with zero attached hydrogens (tertiary/aromatic N) is 1. The van der Waals surface area contributed by atoms with Gasteiger partial charge in [-0.05, 0) is 19.1 Å². The summed E-state index contributed by atoms with van der Waals surface area (Å²) in [7, 11) is 1.60. The molecule has 1 aliphatic rings. The number of para-hydroxylation sites is 1. The molecule has 0 saturated carbocycles. The fraction of sp³-hybridized carbons (Fsp3) is 0.350. The van der Waals surface area contributed by atoms with Crippen molar-refractivity contribution in [1.29, 1.82) is 0 Å². The van der Waals surface area contributed by atoms with Gasteiger partial charge in [-0.25, -0.2) is 0 Å². The SMILES string of the molecule is COc1cc2c(cc1NC(=O)CN1CCOC(C)C1)oc1ccccc12. The van der Waals surface area contributed by atoms with Crippen LogP contribution in [0.1, 0.15) is 6.92 Å². The average Bonchev–Trinajstić information content (AvgIpc) is 2.98. The Kier molecular flexibility index (Phi) is 4.53. The second-order valence-corrected chi connectivity index (χ2v) is 6.61. The number of ether oxygens (including phenoxy) is 2. The quantitative estimate of drug-likeness (QED) is 0.779. The summed E-state index contributed by atoms with van der Waals surface area (Å²) >= 11 is 0. The van der Waals surface area contributed by atoms with Crippen LogP contribution in [0.25, 0.3) is 21.9 Å². The largest absolute Gasteiger partial charge is 0.495 e. The minimum Gasteiger partial charge on any atom is -0.495 e. The number of amides is 1. The summed E-state index contributed by atoms with van der Waals surface area (Å²) in [5, 5.41) is 4.95. The number of morpholine rings is 1. The van der Waals surface area contributed by atoms with Gasteiger partial charge >= 0.3 is 0 Å². The first-order valence-corrected chi connectivity index (χ1v) is 8.77. The molecule has 26 heavy (non-hydrogen) atoms. The average molecular weight is 354 g/mol. The minimum atomic E-state index is -0.0761. The molecule has 6 heteroatoms. The molecule has 0 bridgehead atoms. The summed E-state index contributed by atoms with van der Waals surface area (Å²) in [6.45, 7) is 4.52. The predicted molar refractivity (Wildman–Crippen MR) is 101 cm³/mol. The number of rotatable bonds is 4.